The van der Waals surface area contributed by atoms with Gasteiger partial charge in [-0.15, -0.1) is 0 Å². The standard InChI is InChI=1S/C25H27N7/c1-32(15-10-19-4-2-3-11-27-19)24-9-14-28-25(31-24)30-20-5-6-23-21(16-20)22(17-29-23)18-7-12-26-13-8-18/h2-7,9,11,14,16-17,26,29H,8,10,12-13,15H2,1H3,(H,28,30,31). The number of aromatic nitrogens is 4. The number of nitrogens with one attached hydrogen (secondary N) is 3. The van der Waals surface area contributed by atoms with Crippen molar-refractivity contribution in [1.29, 1.82) is 0 Å². The van der Waals surface area contributed by atoms with Crippen LogP contribution in [0.1, 0.15) is 17.7 Å². The summed E-state index contributed by atoms with van der Waals surface area (Å²) in [6.07, 6.45) is 9.92. The number of rotatable bonds is 7. The Morgan fingerprint density at radius 2 is 2.06 bits per heavy atom. The van der Waals surface area contributed by atoms with Gasteiger partial charge in [0.2, 0.25) is 5.95 Å². The molecule has 4 aromatic rings. The minimum atomic E-state index is 0.588. The van der Waals surface area contributed by atoms with Crippen LogP contribution >= 0.6 is 0 Å². The lowest BCUT2D eigenvalue weighted by molar-refractivity contribution is 0.739. The van der Waals surface area contributed by atoms with Crippen molar-refractivity contribution in [2.75, 3.05) is 36.9 Å². The fraction of sp³-hybridized carbons (Fsp3) is 0.240. The fourth-order valence-electron chi connectivity index (χ4n) is 4.03. The molecule has 0 unspecified atom stereocenters. The minimum Gasteiger partial charge on any atom is -0.361 e. The zero-order valence-corrected chi connectivity index (χ0v) is 18.2. The largest absolute Gasteiger partial charge is 0.361 e. The third-order valence-electron chi connectivity index (χ3n) is 5.81. The number of fused-ring (bicyclic) bond motifs is 1. The zero-order valence-electron chi connectivity index (χ0n) is 18.2. The molecule has 1 aliphatic heterocycles. The van der Waals surface area contributed by atoms with Crippen molar-refractivity contribution in [3.05, 3.63) is 78.4 Å². The average molecular weight is 426 g/mol. The van der Waals surface area contributed by atoms with Crippen molar-refractivity contribution in [2.45, 2.75) is 12.8 Å². The van der Waals surface area contributed by atoms with Gasteiger partial charge in [-0.3, -0.25) is 4.98 Å². The van der Waals surface area contributed by atoms with Gasteiger partial charge in [0.15, 0.2) is 0 Å². The van der Waals surface area contributed by atoms with Crippen LogP contribution in [0.25, 0.3) is 16.5 Å². The number of benzene rings is 1. The van der Waals surface area contributed by atoms with Crippen LogP contribution < -0.4 is 15.5 Å². The van der Waals surface area contributed by atoms with E-state index in [1.807, 2.05) is 37.5 Å². The highest BCUT2D eigenvalue weighted by Gasteiger charge is 2.12. The van der Waals surface area contributed by atoms with E-state index in [1.54, 1.807) is 6.20 Å². The molecular weight excluding hydrogens is 398 g/mol. The molecule has 162 valence electrons. The smallest absolute Gasteiger partial charge is 0.229 e. The Morgan fingerprint density at radius 3 is 2.91 bits per heavy atom. The summed E-state index contributed by atoms with van der Waals surface area (Å²) in [7, 11) is 2.04. The molecule has 0 saturated carbocycles. The van der Waals surface area contributed by atoms with Gasteiger partial charge in [-0.25, -0.2) is 4.98 Å². The van der Waals surface area contributed by atoms with Crippen LogP contribution in [0.2, 0.25) is 0 Å². The highest BCUT2D eigenvalue weighted by atomic mass is 15.2. The molecule has 1 aromatic carbocycles. The second-order valence-electron chi connectivity index (χ2n) is 8.00. The maximum Gasteiger partial charge on any atom is 0.229 e. The first-order valence-electron chi connectivity index (χ1n) is 11.0. The first-order valence-corrected chi connectivity index (χ1v) is 11.0. The lowest BCUT2D eigenvalue weighted by atomic mass is 9.99. The predicted molar refractivity (Wildman–Crippen MR) is 130 cm³/mol. The SMILES string of the molecule is CN(CCc1ccccn1)c1ccnc(Nc2ccc3[nH]cc(C4=CCNCC4)c3c2)n1. The molecule has 7 nitrogen and oxygen atoms in total. The maximum absolute atomic E-state index is 4.72. The zero-order chi connectivity index (χ0) is 21.8. The van der Waals surface area contributed by atoms with E-state index in [-0.39, 0.29) is 0 Å². The molecule has 5 rings (SSSR count). The van der Waals surface area contributed by atoms with Crippen molar-refractivity contribution >= 4 is 33.9 Å². The number of likely N-dealkylation sites (N-methyl/N-ethyl adjacent to an activating group) is 1. The van der Waals surface area contributed by atoms with Gasteiger partial charge in [-0.2, -0.15) is 4.98 Å². The summed E-state index contributed by atoms with van der Waals surface area (Å²) in [6, 6.07) is 14.3. The highest BCUT2D eigenvalue weighted by molar-refractivity contribution is 5.95. The molecule has 0 aliphatic carbocycles. The van der Waals surface area contributed by atoms with Crippen LogP contribution in [0.5, 0.6) is 0 Å². The van der Waals surface area contributed by atoms with E-state index >= 15 is 0 Å². The van der Waals surface area contributed by atoms with E-state index < -0.39 is 0 Å². The Hall–Kier alpha value is -3.71. The van der Waals surface area contributed by atoms with E-state index in [0.29, 0.717) is 5.95 Å². The summed E-state index contributed by atoms with van der Waals surface area (Å²) in [4.78, 5) is 19.1. The topological polar surface area (TPSA) is 81.8 Å². The third kappa shape index (κ3) is 4.48. The summed E-state index contributed by atoms with van der Waals surface area (Å²) in [5.74, 6) is 1.46. The van der Waals surface area contributed by atoms with E-state index in [1.165, 1.54) is 16.5 Å². The van der Waals surface area contributed by atoms with Crippen molar-refractivity contribution < 1.29 is 0 Å². The quantitative estimate of drug-likeness (QED) is 0.413. The molecule has 32 heavy (non-hydrogen) atoms. The summed E-state index contributed by atoms with van der Waals surface area (Å²) in [6.45, 7) is 2.77. The van der Waals surface area contributed by atoms with E-state index in [9.17, 15) is 0 Å². The molecule has 7 heteroatoms. The van der Waals surface area contributed by atoms with Crippen LogP contribution in [-0.2, 0) is 6.42 Å². The Balaban J connectivity index is 1.32. The highest BCUT2D eigenvalue weighted by Crippen LogP contribution is 2.30. The van der Waals surface area contributed by atoms with Crippen molar-refractivity contribution in [3.63, 3.8) is 0 Å². The Labute approximate surface area is 187 Å². The molecule has 0 amide bonds. The van der Waals surface area contributed by atoms with E-state index in [4.69, 9.17) is 4.98 Å². The van der Waals surface area contributed by atoms with Gasteiger partial charge >= 0.3 is 0 Å². The monoisotopic (exact) mass is 425 g/mol. The van der Waals surface area contributed by atoms with Crippen molar-refractivity contribution in [2.24, 2.45) is 0 Å². The number of anilines is 3. The van der Waals surface area contributed by atoms with Gasteiger partial charge in [0.05, 0.1) is 0 Å². The molecule has 0 radical (unpaired) electrons. The van der Waals surface area contributed by atoms with Gasteiger partial charge in [0, 0.05) is 73.0 Å². The second-order valence-corrected chi connectivity index (χ2v) is 8.00. The van der Waals surface area contributed by atoms with Crippen LogP contribution in [-0.4, -0.2) is 46.6 Å². The van der Waals surface area contributed by atoms with Crippen LogP contribution in [0.15, 0.2) is 67.1 Å². The Bertz CT molecular complexity index is 1230. The number of hydrogen-bond acceptors (Lipinski definition) is 6. The second kappa shape index (κ2) is 9.20. The lowest BCUT2D eigenvalue weighted by Crippen LogP contribution is -2.22. The first kappa shape index (κ1) is 20.2. The van der Waals surface area contributed by atoms with Gasteiger partial charge in [0.1, 0.15) is 5.82 Å². The third-order valence-corrected chi connectivity index (χ3v) is 5.81. The van der Waals surface area contributed by atoms with Crippen molar-refractivity contribution in [3.8, 4) is 0 Å². The van der Waals surface area contributed by atoms with E-state index in [2.05, 4.69) is 61.0 Å². The molecule has 0 atom stereocenters. The molecule has 3 N–H and O–H groups in total. The summed E-state index contributed by atoms with van der Waals surface area (Å²) in [5.41, 5.74) is 5.84. The van der Waals surface area contributed by atoms with Gasteiger partial charge in [-0.1, -0.05) is 12.1 Å². The first-order chi connectivity index (χ1) is 15.8. The summed E-state index contributed by atoms with van der Waals surface area (Å²) < 4.78 is 0. The van der Waals surface area contributed by atoms with Crippen LogP contribution in [0, 0.1) is 0 Å². The van der Waals surface area contributed by atoms with Gasteiger partial charge < -0.3 is 20.5 Å². The van der Waals surface area contributed by atoms with Gasteiger partial charge in [-0.05, 0) is 54.9 Å². The van der Waals surface area contributed by atoms with Crippen LogP contribution in [0.4, 0.5) is 17.5 Å². The average Bonchev–Trinajstić information content (AvgIpc) is 3.27. The number of aromatic amines is 1. The summed E-state index contributed by atoms with van der Waals surface area (Å²) in [5, 5.41) is 7.97. The molecule has 4 heterocycles. The number of hydrogen-bond donors (Lipinski definition) is 3. The lowest BCUT2D eigenvalue weighted by Gasteiger charge is -2.18. The summed E-state index contributed by atoms with van der Waals surface area (Å²) >= 11 is 0. The molecular formula is C25H27N7. The number of H-pyrrole nitrogens is 1. The van der Waals surface area contributed by atoms with E-state index in [0.717, 1.165) is 55.2 Å². The fourth-order valence-corrected chi connectivity index (χ4v) is 4.03. The minimum absolute atomic E-state index is 0.588. The van der Waals surface area contributed by atoms with Gasteiger partial charge in [0.25, 0.3) is 0 Å². The predicted octanol–water partition coefficient (Wildman–Crippen LogP) is 4.15. The van der Waals surface area contributed by atoms with Crippen molar-refractivity contribution in [1.82, 2.24) is 25.3 Å². The number of pyridine rings is 1. The Kier molecular flexibility index (Phi) is 5.81. The normalized spacial score (nSPS) is 13.7. The number of nitrogens with zero attached hydrogens (tertiary/aromatic N) is 4. The molecule has 0 bridgehead atoms. The molecule has 3 aromatic heterocycles. The molecule has 0 spiro atoms. The maximum atomic E-state index is 4.72. The Morgan fingerprint density at radius 1 is 1.09 bits per heavy atom. The molecule has 1 aliphatic rings. The molecule has 0 saturated heterocycles. The molecule has 0 fully saturated rings. The van der Waals surface area contributed by atoms with Crippen LogP contribution in [0.3, 0.4) is 0 Å².